The molecule has 2 aliphatic heterocycles. The Morgan fingerprint density at radius 2 is 1.74 bits per heavy atom. The van der Waals surface area contributed by atoms with Gasteiger partial charge in [-0.25, -0.2) is 0 Å². The van der Waals surface area contributed by atoms with E-state index in [1.165, 1.54) is 11.1 Å². The predicted molar refractivity (Wildman–Crippen MR) is 107 cm³/mol. The van der Waals surface area contributed by atoms with E-state index in [1.807, 2.05) is 18.2 Å². The van der Waals surface area contributed by atoms with Crippen LogP contribution in [0.1, 0.15) is 34.3 Å². The maximum atomic E-state index is 12.5. The quantitative estimate of drug-likeness (QED) is 0.854. The number of carbonyl (C=O) groups excluding carboxylic acids is 1. The van der Waals surface area contributed by atoms with Crippen LogP contribution in [0.5, 0.6) is 0 Å². The first kappa shape index (κ1) is 18.0. The molecule has 2 aromatic rings. The van der Waals surface area contributed by atoms with Gasteiger partial charge in [-0.2, -0.15) is 0 Å². The van der Waals surface area contributed by atoms with Gasteiger partial charge in [-0.15, -0.1) is 0 Å². The standard InChI is InChI=1S/C22H27N3O2/c26-21-8-11-24(12-9-21)13-10-23-22(27)17-6-3-7-20(14-17)25-15-18-4-1-2-5-19(18)16-25/h1-7,14,21,26H,8-13,15-16H2,(H,23,27). The summed E-state index contributed by atoms with van der Waals surface area (Å²) in [4.78, 5) is 17.1. The summed E-state index contributed by atoms with van der Waals surface area (Å²) in [6.07, 6.45) is 1.50. The van der Waals surface area contributed by atoms with Crippen molar-refractivity contribution in [1.29, 1.82) is 0 Å². The number of nitrogens with zero attached hydrogens (tertiary/aromatic N) is 2. The van der Waals surface area contributed by atoms with E-state index in [2.05, 4.69) is 45.4 Å². The summed E-state index contributed by atoms with van der Waals surface area (Å²) in [6, 6.07) is 16.4. The number of carbonyl (C=O) groups is 1. The maximum Gasteiger partial charge on any atom is 0.251 e. The van der Waals surface area contributed by atoms with Crippen LogP contribution in [0, 0.1) is 0 Å². The zero-order chi connectivity index (χ0) is 18.6. The van der Waals surface area contributed by atoms with Gasteiger partial charge in [0.15, 0.2) is 0 Å². The Labute approximate surface area is 160 Å². The van der Waals surface area contributed by atoms with Gasteiger partial charge in [-0.3, -0.25) is 4.79 Å². The molecular weight excluding hydrogens is 338 g/mol. The van der Waals surface area contributed by atoms with Crippen molar-refractivity contribution < 1.29 is 9.90 Å². The molecule has 0 spiro atoms. The second-order valence-corrected chi connectivity index (χ2v) is 7.50. The van der Waals surface area contributed by atoms with Gasteiger partial charge in [0.05, 0.1) is 6.10 Å². The number of amides is 1. The SMILES string of the molecule is O=C(NCCN1CCC(O)CC1)c1cccc(N2Cc3ccccc3C2)c1. The second kappa shape index (κ2) is 8.11. The number of aliphatic hydroxyl groups excluding tert-OH is 1. The number of aliphatic hydroxyl groups is 1. The lowest BCUT2D eigenvalue weighted by Gasteiger charge is -2.29. The Kier molecular flexibility index (Phi) is 5.41. The average molecular weight is 365 g/mol. The minimum absolute atomic E-state index is 0.0226. The lowest BCUT2D eigenvalue weighted by Crippen LogP contribution is -2.40. The van der Waals surface area contributed by atoms with Crippen molar-refractivity contribution >= 4 is 11.6 Å². The first-order valence-corrected chi connectivity index (χ1v) is 9.79. The van der Waals surface area contributed by atoms with E-state index >= 15 is 0 Å². The molecule has 0 saturated carbocycles. The highest BCUT2D eigenvalue weighted by Crippen LogP contribution is 2.28. The van der Waals surface area contributed by atoms with Gasteiger partial charge in [0.2, 0.25) is 0 Å². The van der Waals surface area contributed by atoms with Crippen LogP contribution in [0.25, 0.3) is 0 Å². The van der Waals surface area contributed by atoms with Crippen molar-refractivity contribution in [1.82, 2.24) is 10.2 Å². The van der Waals surface area contributed by atoms with Crippen LogP contribution in [0.15, 0.2) is 48.5 Å². The summed E-state index contributed by atoms with van der Waals surface area (Å²) in [5, 5.41) is 12.6. The second-order valence-electron chi connectivity index (χ2n) is 7.50. The van der Waals surface area contributed by atoms with Crippen LogP contribution in [0.4, 0.5) is 5.69 Å². The first-order chi connectivity index (χ1) is 13.2. The third-order valence-corrected chi connectivity index (χ3v) is 5.58. The number of hydrogen-bond donors (Lipinski definition) is 2. The first-order valence-electron chi connectivity index (χ1n) is 9.79. The fourth-order valence-electron chi connectivity index (χ4n) is 3.93. The molecule has 0 aromatic heterocycles. The van der Waals surface area contributed by atoms with Gasteiger partial charge in [0.1, 0.15) is 0 Å². The Hall–Kier alpha value is -2.37. The molecule has 27 heavy (non-hydrogen) atoms. The summed E-state index contributed by atoms with van der Waals surface area (Å²) in [5.41, 5.74) is 4.51. The Bertz CT molecular complexity index is 775. The molecule has 2 heterocycles. The van der Waals surface area contributed by atoms with Crippen molar-refractivity contribution in [3.8, 4) is 0 Å². The Balaban J connectivity index is 1.32. The molecule has 142 valence electrons. The number of nitrogens with one attached hydrogen (secondary N) is 1. The topological polar surface area (TPSA) is 55.8 Å². The summed E-state index contributed by atoms with van der Waals surface area (Å²) < 4.78 is 0. The van der Waals surface area contributed by atoms with Crippen LogP contribution in [-0.4, -0.2) is 48.2 Å². The van der Waals surface area contributed by atoms with Gasteiger partial charge in [0, 0.05) is 50.5 Å². The van der Waals surface area contributed by atoms with Gasteiger partial charge in [-0.05, 0) is 42.2 Å². The van der Waals surface area contributed by atoms with Crippen molar-refractivity contribution in [3.63, 3.8) is 0 Å². The molecule has 1 amide bonds. The van der Waals surface area contributed by atoms with E-state index < -0.39 is 0 Å². The summed E-state index contributed by atoms with van der Waals surface area (Å²) in [5.74, 6) is -0.0226. The van der Waals surface area contributed by atoms with Gasteiger partial charge in [-0.1, -0.05) is 30.3 Å². The summed E-state index contributed by atoms with van der Waals surface area (Å²) >= 11 is 0. The van der Waals surface area contributed by atoms with Crippen LogP contribution < -0.4 is 10.2 Å². The van der Waals surface area contributed by atoms with E-state index in [0.29, 0.717) is 12.1 Å². The fourth-order valence-corrected chi connectivity index (χ4v) is 3.93. The monoisotopic (exact) mass is 365 g/mol. The molecule has 0 radical (unpaired) electrons. The van der Waals surface area contributed by atoms with Gasteiger partial charge >= 0.3 is 0 Å². The van der Waals surface area contributed by atoms with E-state index in [4.69, 9.17) is 0 Å². The minimum Gasteiger partial charge on any atom is -0.393 e. The van der Waals surface area contributed by atoms with Crippen LogP contribution in [0.3, 0.4) is 0 Å². The maximum absolute atomic E-state index is 12.5. The molecule has 0 bridgehead atoms. The largest absolute Gasteiger partial charge is 0.393 e. The van der Waals surface area contributed by atoms with E-state index in [0.717, 1.165) is 51.3 Å². The smallest absolute Gasteiger partial charge is 0.251 e. The Morgan fingerprint density at radius 3 is 2.44 bits per heavy atom. The van der Waals surface area contributed by atoms with E-state index in [9.17, 15) is 9.90 Å². The molecule has 2 N–H and O–H groups in total. The molecule has 4 rings (SSSR count). The predicted octanol–water partition coefficient (Wildman–Crippen LogP) is 2.39. The highest BCUT2D eigenvalue weighted by Gasteiger charge is 2.20. The number of likely N-dealkylation sites (tertiary alicyclic amines) is 1. The minimum atomic E-state index is -0.157. The summed E-state index contributed by atoms with van der Waals surface area (Å²) in [6.45, 7) is 5.06. The van der Waals surface area contributed by atoms with Crippen molar-refractivity contribution in [2.75, 3.05) is 31.1 Å². The molecule has 2 aliphatic rings. The number of hydrogen-bond acceptors (Lipinski definition) is 4. The molecule has 1 saturated heterocycles. The van der Waals surface area contributed by atoms with Crippen LogP contribution >= 0.6 is 0 Å². The van der Waals surface area contributed by atoms with Gasteiger partial charge < -0.3 is 20.2 Å². The van der Waals surface area contributed by atoms with E-state index in [1.54, 1.807) is 0 Å². The van der Waals surface area contributed by atoms with E-state index in [-0.39, 0.29) is 12.0 Å². The third-order valence-electron chi connectivity index (χ3n) is 5.58. The highest BCUT2D eigenvalue weighted by molar-refractivity contribution is 5.95. The van der Waals surface area contributed by atoms with Crippen LogP contribution in [-0.2, 0) is 13.1 Å². The molecular formula is C22H27N3O2. The molecule has 1 fully saturated rings. The fraction of sp³-hybridized carbons (Fsp3) is 0.409. The summed E-state index contributed by atoms with van der Waals surface area (Å²) in [7, 11) is 0. The number of benzene rings is 2. The number of piperidine rings is 1. The lowest BCUT2D eigenvalue weighted by atomic mass is 10.1. The van der Waals surface area contributed by atoms with Crippen LogP contribution in [0.2, 0.25) is 0 Å². The zero-order valence-electron chi connectivity index (χ0n) is 15.6. The number of fused-ring (bicyclic) bond motifs is 1. The number of anilines is 1. The molecule has 5 heteroatoms. The molecule has 0 unspecified atom stereocenters. The lowest BCUT2D eigenvalue weighted by molar-refractivity contribution is 0.0804. The molecule has 5 nitrogen and oxygen atoms in total. The van der Waals surface area contributed by atoms with Crippen molar-refractivity contribution in [2.24, 2.45) is 0 Å². The van der Waals surface area contributed by atoms with Gasteiger partial charge in [0.25, 0.3) is 5.91 Å². The van der Waals surface area contributed by atoms with Crippen molar-refractivity contribution in [2.45, 2.75) is 32.0 Å². The molecule has 2 aromatic carbocycles. The van der Waals surface area contributed by atoms with Crippen molar-refractivity contribution in [3.05, 3.63) is 65.2 Å². The molecule has 0 atom stereocenters. The normalized spacial score (nSPS) is 17.7. The third kappa shape index (κ3) is 4.31. The molecule has 0 aliphatic carbocycles. The number of rotatable bonds is 5. The zero-order valence-corrected chi connectivity index (χ0v) is 15.6. The highest BCUT2D eigenvalue weighted by atomic mass is 16.3. The average Bonchev–Trinajstić information content (AvgIpc) is 3.14. The Morgan fingerprint density at radius 1 is 1.04 bits per heavy atom.